The zero-order chi connectivity index (χ0) is 11.1. The van der Waals surface area contributed by atoms with Gasteiger partial charge in [0.1, 0.15) is 0 Å². The normalized spacial score (nSPS) is 20.8. The monoisotopic (exact) mass is 216 g/mol. The molecule has 0 amide bonds. The zero-order valence-corrected chi connectivity index (χ0v) is 9.98. The van der Waals surface area contributed by atoms with Crippen LogP contribution in [0, 0.1) is 0 Å². The van der Waals surface area contributed by atoms with E-state index in [1.807, 2.05) is 6.92 Å². The Labute approximate surface area is 92.8 Å². The fraction of sp³-hybridized carbons (Fsp3) is 1.00. The molecule has 0 bridgehead atoms. The van der Waals surface area contributed by atoms with Crippen LogP contribution < -0.4 is 0 Å². The number of aliphatic hydroxyl groups is 1. The second-order valence-corrected chi connectivity index (χ2v) is 4.39. The average Bonchev–Trinajstić information content (AvgIpc) is 2.25. The summed E-state index contributed by atoms with van der Waals surface area (Å²) in [6.07, 6.45) is 0.676. The molecule has 1 N–H and O–H groups in total. The molecular formula is C11H24N2O2. The van der Waals surface area contributed by atoms with Crippen LogP contribution in [-0.4, -0.2) is 74.0 Å². The predicted molar refractivity (Wildman–Crippen MR) is 61.1 cm³/mol. The van der Waals surface area contributed by atoms with Gasteiger partial charge in [-0.05, 0) is 20.4 Å². The van der Waals surface area contributed by atoms with Crippen LogP contribution >= 0.6 is 0 Å². The van der Waals surface area contributed by atoms with Crippen molar-refractivity contribution in [3.05, 3.63) is 0 Å². The summed E-state index contributed by atoms with van der Waals surface area (Å²) in [5.74, 6) is 0. The molecule has 1 aliphatic rings. The van der Waals surface area contributed by atoms with Gasteiger partial charge in [-0.25, -0.2) is 0 Å². The van der Waals surface area contributed by atoms with Gasteiger partial charge >= 0.3 is 0 Å². The van der Waals surface area contributed by atoms with Gasteiger partial charge in [0.2, 0.25) is 0 Å². The first-order chi connectivity index (χ1) is 7.18. The van der Waals surface area contributed by atoms with E-state index in [1.54, 1.807) is 0 Å². The number of morpholine rings is 1. The van der Waals surface area contributed by atoms with Crippen LogP contribution in [0.2, 0.25) is 0 Å². The van der Waals surface area contributed by atoms with E-state index in [0.717, 1.165) is 52.4 Å². The van der Waals surface area contributed by atoms with Gasteiger partial charge in [-0.15, -0.1) is 0 Å². The standard InChI is InChI=1S/C11H24N2O2/c1-11(14)3-4-12(2)5-6-13-7-9-15-10-8-13/h11,14H,3-10H2,1-2H3. The third-order valence-electron chi connectivity index (χ3n) is 2.83. The highest BCUT2D eigenvalue weighted by molar-refractivity contribution is 4.64. The highest BCUT2D eigenvalue weighted by atomic mass is 16.5. The molecule has 0 spiro atoms. The number of hydrogen-bond donors (Lipinski definition) is 1. The highest BCUT2D eigenvalue weighted by Crippen LogP contribution is 1.98. The number of ether oxygens (including phenoxy) is 1. The summed E-state index contributed by atoms with van der Waals surface area (Å²) >= 11 is 0. The Kier molecular flexibility index (Phi) is 6.17. The zero-order valence-electron chi connectivity index (χ0n) is 9.98. The molecule has 1 heterocycles. The van der Waals surface area contributed by atoms with Gasteiger partial charge < -0.3 is 14.7 Å². The topological polar surface area (TPSA) is 35.9 Å². The van der Waals surface area contributed by atoms with Crippen molar-refractivity contribution < 1.29 is 9.84 Å². The summed E-state index contributed by atoms with van der Waals surface area (Å²) in [4.78, 5) is 4.71. The van der Waals surface area contributed by atoms with E-state index in [9.17, 15) is 0 Å². The minimum atomic E-state index is -0.184. The van der Waals surface area contributed by atoms with Crippen LogP contribution in [0.25, 0.3) is 0 Å². The van der Waals surface area contributed by atoms with Gasteiger partial charge in [0.05, 0.1) is 19.3 Å². The summed E-state index contributed by atoms with van der Waals surface area (Å²) in [7, 11) is 2.11. The molecule has 1 unspecified atom stereocenters. The third kappa shape index (κ3) is 6.10. The molecule has 1 rings (SSSR count). The molecule has 0 aromatic carbocycles. The molecule has 0 aromatic rings. The first kappa shape index (κ1) is 12.9. The summed E-state index contributed by atoms with van der Waals surface area (Å²) < 4.78 is 5.30. The molecule has 4 nitrogen and oxygen atoms in total. The second kappa shape index (κ2) is 7.17. The maximum absolute atomic E-state index is 9.16. The molecule has 15 heavy (non-hydrogen) atoms. The number of aliphatic hydroxyl groups excluding tert-OH is 1. The Hall–Kier alpha value is -0.160. The van der Waals surface area contributed by atoms with Crippen molar-refractivity contribution in [2.24, 2.45) is 0 Å². The second-order valence-electron chi connectivity index (χ2n) is 4.39. The van der Waals surface area contributed by atoms with Crippen LogP contribution in [0.15, 0.2) is 0 Å². The van der Waals surface area contributed by atoms with Gasteiger partial charge in [0, 0.05) is 32.7 Å². The molecular weight excluding hydrogens is 192 g/mol. The van der Waals surface area contributed by atoms with Crippen molar-refractivity contribution in [3.8, 4) is 0 Å². The minimum Gasteiger partial charge on any atom is -0.393 e. The van der Waals surface area contributed by atoms with Crippen LogP contribution in [-0.2, 0) is 4.74 Å². The predicted octanol–water partition coefficient (Wildman–Crippen LogP) is 0.0213. The molecule has 0 aliphatic carbocycles. The summed E-state index contributed by atoms with van der Waals surface area (Å²) in [5, 5.41) is 9.16. The van der Waals surface area contributed by atoms with E-state index in [4.69, 9.17) is 9.84 Å². The smallest absolute Gasteiger partial charge is 0.0594 e. The molecule has 1 aliphatic heterocycles. The molecule has 1 atom stereocenters. The molecule has 0 radical (unpaired) electrons. The lowest BCUT2D eigenvalue weighted by Gasteiger charge is -2.28. The lowest BCUT2D eigenvalue weighted by atomic mass is 10.3. The van der Waals surface area contributed by atoms with Crippen molar-refractivity contribution in [2.45, 2.75) is 19.4 Å². The Morgan fingerprint density at radius 3 is 2.60 bits per heavy atom. The van der Waals surface area contributed by atoms with E-state index in [2.05, 4.69) is 16.8 Å². The van der Waals surface area contributed by atoms with Crippen LogP contribution in [0.1, 0.15) is 13.3 Å². The van der Waals surface area contributed by atoms with E-state index >= 15 is 0 Å². The van der Waals surface area contributed by atoms with Crippen LogP contribution in [0.5, 0.6) is 0 Å². The fourth-order valence-corrected chi connectivity index (χ4v) is 1.66. The summed E-state index contributed by atoms with van der Waals surface area (Å²) in [5.41, 5.74) is 0. The first-order valence-corrected chi connectivity index (χ1v) is 5.85. The fourth-order valence-electron chi connectivity index (χ4n) is 1.66. The van der Waals surface area contributed by atoms with Crippen molar-refractivity contribution >= 4 is 0 Å². The van der Waals surface area contributed by atoms with Gasteiger partial charge in [0.25, 0.3) is 0 Å². The van der Waals surface area contributed by atoms with E-state index in [1.165, 1.54) is 0 Å². The Bertz CT molecular complexity index is 159. The Balaban J connectivity index is 2.02. The minimum absolute atomic E-state index is 0.184. The van der Waals surface area contributed by atoms with Crippen molar-refractivity contribution in [1.82, 2.24) is 9.80 Å². The maximum atomic E-state index is 9.16. The lowest BCUT2D eigenvalue weighted by Crippen LogP contribution is -2.41. The molecule has 1 saturated heterocycles. The molecule has 0 saturated carbocycles. The third-order valence-corrected chi connectivity index (χ3v) is 2.83. The molecule has 1 fully saturated rings. The van der Waals surface area contributed by atoms with Crippen molar-refractivity contribution in [2.75, 3.05) is 53.0 Å². The van der Waals surface area contributed by atoms with E-state index < -0.39 is 0 Å². The SMILES string of the molecule is CC(O)CCN(C)CCN1CCOCC1. The largest absolute Gasteiger partial charge is 0.393 e. The molecule has 4 heteroatoms. The van der Waals surface area contributed by atoms with Gasteiger partial charge in [-0.2, -0.15) is 0 Å². The van der Waals surface area contributed by atoms with E-state index in [-0.39, 0.29) is 6.10 Å². The quantitative estimate of drug-likeness (QED) is 0.679. The van der Waals surface area contributed by atoms with Crippen molar-refractivity contribution in [3.63, 3.8) is 0 Å². The number of rotatable bonds is 6. The van der Waals surface area contributed by atoms with Crippen LogP contribution in [0.4, 0.5) is 0 Å². The molecule has 0 aromatic heterocycles. The summed E-state index contributed by atoms with van der Waals surface area (Å²) in [6.45, 7) is 8.87. The Morgan fingerprint density at radius 1 is 1.33 bits per heavy atom. The number of hydrogen-bond acceptors (Lipinski definition) is 4. The maximum Gasteiger partial charge on any atom is 0.0594 e. The van der Waals surface area contributed by atoms with E-state index in [0.29, 0.717) is 0 Å². The molecule has 90 valence electrons. The van der Waals surface area contributed by atoms with Crippen molar-refractivity contribution in [1.29, 1.82) is 0 Å². The van der Waals surface area contributed by atoms with Crippen LogP contribution in [0.3, 0.4) is 0 Å². The highest BCUT2D eigenvalue weighted by Gasteiger charge is 2.10. The lowest BCUT2D eigenvalue weighted by molar-refractivity contribution is 0.0340. The van der Waals surface area contributed by atoms with Gasteiger partial charge in [-0.1, -0.05) is 0 Å². The van der Waals surface area contributed by atoms with Gasteiger partial charge in [0.15, 0.2) is 0 Å². The number of likely N-dealkylation sites (N-methyl/N-ethyl adjacent to an activating group) is 1. The van der Waals surface area contributed by atoms with Gasteiger partial charge in [-0.3, -0.25) is 4.90 Å². The summed E-state index contributed by atoms with van der Waals surface area (Å²) in [6, 6.07) is 0. The first-order valence-electron chi connectivity index (χ1n) is 5.85. The Morgan fingerprint density at radius 2 is 2.00 bits per heavy atom. The average molecular weight is 216 g/mol. The number of nitrogens with zero attached hydrogens (tertiary/aromatic N) is 2.